The third-order valence-electron chi connectivity index (χ3n) is 2.36. The Morgan fingerprint density at radius 1 is 0.950 bits per heavy atom. The highest BCUT2D eigenvalue weighted by Crippen LogP contribution is 2.10. The van der Waals surface area contributed by atoms with E-state index < -0.39 is 10.0 Å². The van der Waals surface area contributed by atoms with Crippen molar-refractivity contribution in [3.05, 3.63) is 66.2 Å². The van der Waals surface area contributed by atoms with Gasteiger partial charge in [0.15, 0.2) is 0 Å². The molecular formula is C15H19NO3S. The van der Waals surface area contributed by atoms with E-state index in [4.69, 9.17) is 4.74 Å². The predicted molar refractivity (Wildman–Crippen MR) is 81.1 cm³/mol. The second-order valence-electron chi connectivity index (χ2n) is 4.06. The highest BCUT2D eigenvalue weighted by atomic mass is 32.2. The molecule has 0 unspecified atom stereocenters. The second kappa shape index (κ2) is 8.35. The fourth-order valence-electron chi connectivity index (χ4n) is 1.26. The van der Waals surface area contributed by atoms with E-state index in [0.29, 0.717) is 6.61 Å². The lowest BCUT2D eigenvalue weighted by molar-refractivity contribution is 0.306. The second-order valence-corrected chi connectivity index (χ2v) is 6.02. The third kappa shape index (κ3) is 7.56. The van der Waals surface area contributed by atoms with Crippen molar-refractivity contribution in [3.63, 3.8) is 0 Å². The Balaban J connectivity index is 0.000000286. The number of benzene rings is 2. The number of sulfonamides is 1. The van der Waals surface area contributed by atoms with Gasteiger partial charge in [0, 0.05) is 0 Å². The maximum Gasteiger partial charge on any atom is 0.208 e. The lowest BCUT2D eigenvalue weighted by Crippen LogP contribution is -2.15. The molecule has 2 aromatic carbocycles. The molecule has 0 amide bonds. The van der Waals surface area contributed by atoms with Crippen molar-refractivity contribution in [3.8, 4) is 5.75 Å². The van der Waals surface area contributed by atoms with Crippen LogP contribution in [0.5, 0.6) is 5.75 Å². The van der Waals surface area contributed by atoms with Gasteiger partial charge in [-0.1, -0.05) is 48.5 Å². The topological polar surface area (TPSA) is 55.4 Å². The van der Waals surface area contributed by atoms with Gasteiger partial charge >= 0.3 is 0 Å². The number of hydrogen-bond acceptors (Lipinski definition) is 3. The molecular weight excluding hydrogens is 274 g/mol. The highest BCUT2D eigenvalue weighted by Gasteiger charge is 1.92. The molecule has 5 heteroatoms. The first-order valence-electron chi connectivity index (χ1n) is 6.11. The molecule has 4 nitrogen and oxygen atoms in total. The van der Waals surface area contributed by atoms with Gasteiger partial charge in [-0.3, -0.25) is 0 Å². The molecule has 0 atom stereocenters. The van der Waals surface area contributed by atoms with Crippen molar-refractivity contribution in [2.24, 2.45) is 0 Å². The van der Waals surface area contributed by atoms with E-state index in [2.05, 4.69) is 16.9 Å². The standard InChI is InChI=1S/C13H12O.C2H7NO2S/c1-3-7-12(8-4-1)11-14-13-9-5-2-6-10-13;1-3-6(2,4)5/h1-10H,11H2;3H,1-2H3. The van der Waals surface area contributed by atoms with Crippen LogP contribution < -0.4 is 9.46 Å². The van der Waals surface area contributed by atoms with Crippen molar-refractivity contribution in [1.82, 2.24) is 4.72 Å². The van der Waals surface area contributed by atoms with Gasteiger partial charge in [0.1, 0.15) is 12.4 Å². The van der Waals surface area contributed by atoms with Crippen LogP contribution in [0.15, 0.2) is 60.7 Å². The molecule has 0 spiro atoms. The Hall–Kier alpha value is -1.85. The van der Waals surface area contributed by atoms with E-state index in [-0.39, 0.29) is 0 Å². The van der Waals surface area contributed by atoms with Gasteiger partial charge in [-0.2, -0.15) is 0 Å². The largest absolute Gasteiger partial charge is 0.489 e. The monoisotopic (exact) mass is 293 g/mol. The average molecular weight is 293 g/mol. The molecule has 0 aliphatic carbocycles. The Morgan fingerprint density at radius 3 is 1.85 bits per heavy atom. The van der Waals surface area contributed by atoms with Crippen LogP contribution in [-0.4, -0.2) is 21.7 Å². The predicted octanol–water partition coefficient (Wildman–Crippen LogP) is 2.43. The summed E-state index contributed by atoms with van der Waals surface area (Å²) in [4.78, 5) is 0. The van der Waals surface area contributed by atoms with Crippen molar-refractivity contribution in [2.75, 3.05) is 13.3 Å². The van der Waals surface area contributed by atoms with Gasteiger partial charge < -0.3 is 4.74 Å². The highest BCUT2D eigenvalue weighted by molar-refractivity contribution is 7.88. The quantitative estimate of drug-likeness (QED) is 0.942. The van der Waals surface area contributed by atoms with Crippen LogP contribution in [0.25, 0.3) is 0 Å². The van der Waals surface area contributed by atoms with Crippen LogP contribution in [0.1, 0.15) is 5.56 Å². The van der Waals surface area contributed by atoms with Crippen LogP contribution in [0.4, 0.5) is 0 Å². The first-order valence-corrected chi connectivity index (χ1v) is 8.00. The molecule has 2 rings (SSSR count). The number of para-hydroxylation sites is 1. The number of hydrogen-bond donors (Lipinski definition) is 1. The zero-order valence-electron chi connectivity index (χ0n) is 11.6. The molecule has 0 bridgehead atoms. The van der Waals surface area contributed by atoms with Crippen molar-refractivity contribution >= 4 is 10.0 Å². The van der Waals surface area contributed by atoms with E-state index in [1.54, 1.807) is 0 Å². The van der Waals surface area contributed by atoms with E-state index >= 15 is 0 Å². The average Bonchev–Trinajstić information content (AvgIpc) is 2.47. The number of rotatable bonds is 4. The molecule has 0 heterocycles. The smallest absolute Gasteiger partial charge is 0.208 e. The molecule has 108 valence electrons. The minimum atomic E-state index is -2.91. The third-order valence-corrected chi connectivity index (χ3v) is 3.10. The van der Waals surface area contributed by atoms with E-state index in [0.717, 1.165) is 12.0 Å². The summed E-state index contributed by atoms with van der Waals surface area (Å²) in [6.07, 6.45) is 1.10. The van der Waals surface area contributed by atoms with E-state index in [1.165, 1.54) is 12.6 Å². The first kappa shape index (κ1) is 16.2. The first-order chi connectivity index (χ1) is 9.51. The van der Waals surface area contributed by atoms with Crippen LogP contribution in [-0.2, 0) is 16.6 Å². The fraction of sp³-hybridized carbons (Fsp3) is 0.200. The van der Waals surface area contributed by atoms with Gasteiger partial charge in [-0.25, -0.2) is 13.1 Å². The molecule has 0 saturated heterocycles. The zero-order chi connectivity index (χ0) is 14.8. The number of nitrogens with one attached hydrogen (secondary N) is 1. The lowest BCUT2D eigenvalue weighted by Gasteiger charge is -2.05. The minimum absolute atomic E-state index is 0.630. The van der Waals surface area contributed by atoms with Crippen LogP contribution in [0.3, 0.4) is 0 Å². The van der Waals surface area contributed by atoms with Crippen molar-refractivity contribution in [1.29, 1.82) is 0 Å². The molecule has 2 aromatic rings. The van der Waals surface area contributed by atoms with Crippen molar-refractivity contribution in [2.45, 2.75) is 6.61 Å². The zero-order valence-corrected chi connectivity index (χ0v) is 12.4. The Labute approximate surface area is 120 Å². The normalized spacial score (nSPS) is 10.3. The summed E-state index contributed by atoms with van der Waals surface area (Å²) in [7, 11) is -1.54. The summed E-state index contributed by atoms with van der Waals surface area (Å²) in [6.45, 7) is 0.630. The summed E-state index contributed by atoms with van der Waals surface area (Å²) in [6, 6.07) is 20.0. The van der Waals surface area contributed by atoms with Crippen LogP contribution in [0.2, 0.25) is 0 Å². The Bertz CT molecular complexity index is 544. The Kier molecular flexibility index (Phi) is 6.76. The minimum Gasteiger partial charge on any atom is -0.489 e. The molecule has 0 saturated carbocycles. The van der Waals surface area contributed by atoms with Gasteiger partial charge in [0.2, 0.25) is 10.0 Å². The maximum absolute atomic E-state index is 9.89. The van der Waals surface area contributed by atoms with Gasteiger partial charge in [-0.05, 0) is 24.7 Å². The maximum atomic E-state index is 9.89. The summed E-state index contributed by atoms with van der Waals surface area (Å²) < 4.78 is 27.4. The molecule has 1 N–H and O–H groups in total. The Morgan fingerprint density at radius 2 is 1.40 bits per heavy atom. The molecule has 20 heavy (non-hydrogen) atoms. The molecule has 0 fully saturated rings. The fourth-order valence-corrected chi connectivity index (χ4v) is 1.26. The van der Waals surface area contributed by atoms with Crippen LogP contribution >= 0.6 is 0 Å². The SMILES string of the molecule is CNS(C)(=O)=O.c1ccc(COc2ccccc2)cc1. The van der Waals surface area contributed by atoms with Crippen molar-refractivity contribution < 1.29 is 13.2 Å². The molecule has 0 aromatic heterocycles. The van der Waals surface area contributed by atoms with E-state index in [1.807, 2.05) is 48.5 Å². The summed E-state index contributed by atoms with van der Waals surface area (Å²) in [5, 5.41) is 0. The van der Waals surface area contributed by atoms with E-state index in [9.17, 15) is 8.42 Å². The van der Waals surface area contributed by atoms with Crippen LogP contribution in [0, 0.1) is 0 Å². The molecule has 0 aliphatic heterocycles. The van der Waals surface area contributed by atoms with Gasteiger partial charge in [-0.15, -0.1) is 0 Å². The van der Waals surface area contributed by atoms with Gasteiger partial charge in [0.05, 0.1) is 6.26 Å². The summed E-state index contributed by atoms with van der Waals surface area (Å²) >= 11 is 0. The summed E-state index contributed by atoms with van der Waals surface area (Å²) in [5.74, 6) is 0.913. The molecule has 0 aliphatic rings. The lowest BCUT2D eigenvalue weighted by atomic mass is 10.2. The van der Waals surface area contributed by atoms with Gasteiger partial charge in [0.25, 0.3) is 0 Å². The molecule has 0 radical (unpaired) electrons. The number of ether oxygens (including phenoxy) is 1. The summed E-state index contributed by atoms with van der Waals surface area (Å²) in [5.41, 5.74) is 1.19.